The van der Waals surface area contributed by atoms with E-state index in [4.69, 9.17) is 0 Å². The number of nitrogens with zero attached hydrogens (tertiary/aromatic N) is 2. The number of aromatic nitrogens is 1. The molecule has 1 N–H and O–H groups in total. The number of benzene rings is 1. The first-order chi connectivity index (χ1) is 11.7. The van der Waals surface area contributed by atoms with Gasteiger partial charge in [-0.15, -0.1) is 0 Å². The van der Waals surface area contributed by atoms with E-state index in [1.54, 1.807) is 25.2 Å². The van der Waals surface area contributed by atoms with E-state index in [0.717, 1.165) is 12.1 Å². The van der Waals surface area contributed by atoms with Crippen LogP contribution in [-0.2, 0) is 11.2 Å². The molecule has 134 valence electrons. The van der Waals surface area contributed by atoms with Gasteiger partial charge in [0.1, 0.15) is 17.2 Å². The Bertz CT molecular complexity index is 766. The predicted octanol–water partition coefficient (Wildman–Crippen LogP) is 3.50. The third-order valence-electron chi connectivity index (χ3n) is 3.16. The van der Waals surface area contributed by atoms with Crippen molar-refractivity contribution in [3.63, 3.8) is 0 Å². The van der Waals surface area contributed by atoms with Crippen LogP contribution in [0.25, 0.3) is 0 Å². The molecule has 4 nitrogen and oxygen atoms in total. The van der Waals surface area contributed by atoms with Crippen molar-refractivity contribution in [3.05, 3.63) is 53.6 Å². The highest BCUT2D eigenvalue weighted by Crippen LogP contribution is 2.30. The van der Waals surface area contributed by atoms with Crippen molar-refractivity contribution < 1.29 is 22.1 Å². The average molecular weight is 373 g/mol. The molecule has 1 aromatic heterocycles. The van der Waals surface area contributed by atoms with Crippen molar-refractivity contribution in [1.82, 2.24) is 10.3 Å². The molecule has 2 rings (SSSR count). The Morgan fingerprint density at radius 2 is 2.04 bits per heavy atom. The second-order valence-corrected chi connectivity index (χ2v) is 6.52. The minimum absolute atomic E-state index is 0.103. The van der Waals surface area contributed by atoms with Gasteiger partial charge in [-0.2, -0.15) is 13.2 Å². The maximum Gasteiger partial charge on any atom is 0.433 e. The van der Waals surface area contributed by atoms with Gasteiger partial charge in [-0.3, -0.25) is 4.98 Å². The van der Waals surface area contributed by atoms with Gasteiger partial charge >= 0.3 is 6.18 Å². The van der Waals surface area contributed by atoms with Gasteiger partial charge < -0.3 is 9.87 Å². The molecule has 0 fully saturated rings. The summed E-state index contributed by atoms with van der Waals surface area (Å²) in [6.07, 6.45) is -3.06. The van der Waals surface area contributed by atoms with Crippen LogP contribution in [0.3, 0.4) is 0 Å². The van der Waals surface area contributed by atoms with Crippen molar-refractivity contribution in [2.24, 2.45) is 4.99 Å². The Balaban J connectivity index is 2.44. The SMILES string of the molecule is CN/C(=N\c1cc([S+]([O-])CC(F)(F)F)c(C)cc1F)c1ccccn1. The minimum Gasteiger partial charge on any atom is -0.611 e. The molecule has 1 heterocycles. The van der Waals surface area contributed by atoms with E-state index in [-0.39, 0.29) is 22.0 Å². The predicted molar refractivity (Wildman–Crippen MR) is 88.0 cm³/mol. The maximum atomic E-state index is 14.2. The Morgan fingerprint density at radius 3 is 2.60 bits per heavy atom. The van der Waals surface area contributed by atoms with Crippen LogP contribution in [0.2, 0.25) is 0 Å². The number of alkyl halides is 3. The summed E-state index contributed by atoms with van der Waals surface area (Å²) >= 11 is -2.34. The third kappa shape index (κ3) is 5.17. The second-order valence-electron chi connectivity index (χ2n) is 5.10. The monoisotopic (exact) mass is 373 g/mol. The quantitative estimate of drug-likeness (QED) is 0.386. The topological polar surface area (TPSA) is 60.3 Å². The summed E-state index contributed by atoms with van der Waals surface area (Å²) in [5.74, 6) is -1.99. The smallest absolute Gasteiger partial charge is 0.433 e. The standard InChI is InChI=1S/C16H15F4N3OS/c1-10-7-11(17)13(8-14(10)25(24)9-16(18,19)20)23-15(21-2)12-5-3-4-6-22-12/h3-8H,9H2,1-2H3,(H,21,23). The molecule has 1 unspecified atom stereocenters. The maximum absolute atomic E-state index is 14.2. The van der Waals surface area contributed by atoms with Crippen molar-refractivity contribution in [2.45, 2.75) is 18.0 Å². The van der Waals surface area contributed by atoms with Crippen molar-refractivity contribution in [3.8, 4) is 0 Å². The van der Waals surface area contributed by atoms with Gasteiger partial charge in [0.05, 0.1) is 0 Å². The molecule has 0 radical (unpaired) electrons. The second kappa shape index (κ2) is 7.83. The Kier molecular flexibility index (Phi) is 6.02. The number of pyridine rings is 1. The fraction of sp³-hybridized carbons (Fsp3) is 0.250. The van der Waals surface area contributed by atoms with Crippen LogP contribution in [0.1, 0.15) is 11.3 Å². The van der Waals surface area contributed by atoms with E-state index in [9.17, 15) is 22.1 Å². The molecule has 0 bridgehead atoms. The number of halogens is 4. The lowest BCUT2D eigenvalue weighted by Gasteiger charge is -2.15. The number of hydrogen-bond acceptors (Lipinski definition) is 3. The van der Waals surface area contributed by atoms with E-state index in [2.05, 4.69) is 15.3 Å². The summed E-state index contributed by atoms with van der Waals surface area (Å²) in [5, 5.41) is 2.76. The molecule has 0 aliphatic carbocycles. The van der Waals surface area contributed by atoms with Crippen molar-refractivity contribution >= 4 is 22.7 Å². The van der Waals surface area contributed by atoms with Crippen LogP contribution >= 0.6 is 0 Å². The molecule has 1 aromatic carbocycles. The third-order valence-corrected chi connectivity index (χ3v) is 4.68. The summed E-state index contributed by atoms with van der Waals surface area (Å²) in [6.45, 7) is 1.40. The first-order valence-corrected chi connectivity index (χ1v) is 8.46. The zero-order valence-electron chi connectivity index (χ0n) is 13.4. The van der Waals surface area contributed by atoms with Gasteiger partial charge in [-0.25, -0.2) is 9.38 Å². The van der Waals surface area contributed by atoms with E-state index >= 15 is 0 Å². The molecule has 0 saturated carbocycles. The molecular formula is C16H15F4N3OS. The fourth-order valence-corrected chi connectivity index (χ4v) is 3.18. The van der Waals surface area contributed by atoms with Crippen molar-refractivity contribution in [1.29, 1.82) is 0 Å². The van der Waals surface area contributed by atoms with Crippen LogP contribution in [0.15, 0.2) is 46.4 Å². The summed E-state index contributed by atoms with van der Waals surface area (Å²) in [6, 6.07) is 7.15. The number of aryl methyl sites for hydroxylation is 1. The highest BCUT2D eigenvalue weighted by molar-refractivity contribution is 7.91. The molecule has 2 aromatic rings. The van der Waals surface area contributed by atoms with E-state index < -0.39 is 28.9 Å². The lowest BCUT2D eigenvalue weighted by Crippen LogP contribution is -2.23. The van der Waals surface area contributed by atoms with E-state index in [1.165, 1.54) is 13.1 Å². The number of rotatable bonds is 4. The molecule has 0 aliphatic rings. The molecular weight excluding hydrogens is 358 g/mol. The van der Waals surface area contributed by atoms with Gasteiger partial charge in [0, 0.05) is 24.9 Å². The van der Waals surface area contributed by atoms with Crippen LogP contribution in [0.5, 0.6) is 0 Å². The zero-order valence-corrected chi connectivity index (χ0v) is 14.2. The number of aliphatic imine (C=N–C) groups is 1. The van der Waals surface area contributed by atoms with Crippen molar-refractivity contribution in [2.75, 3.05) is 12.8 Å². The fourth-order valence-electron chi connectivity index (χ4n) is 2.06. The lowest BCUT2D eigenvalue weighted by atomic mass is 10.2. The lowest BCUT2D eigenvalue weighted by molar-refractivity contribution is -0.106. The molecule has 0 saturated heterocycles. The van der Waals surface area contributed by atoms with Crippen LogP contribution < -0.4 is 5.32 Å². The highest BCUT2D eigenvalue weighted by atomic mass is 32.2. The summed E-state index contributed by atoms with van der Waals surface area (Å²) in [7, 11) is 1.56. The van der Waals surface area contributed by atoms with Gasteiger partial charge in [-0.1, -0.05) is 6.07 Å². The average Bonchev–Trinajstić information content (AvgIpc) is 2.53. The Morgan fingerprint density at radius 1 is 1.32 bits per heavy atom. The van der Waals surface area contributed by atoms with Crippen LogP contribution in [0, 0.1) is 12.7 Å². The molecule has 0 spiro atoms. The van der Waals surface area contributed by atoms with Gasteiger partial charge in [0.2, 0.25) is 5.75 Å². The molecule has 0 amide bonds. The molecule has 25 heavy (non-hydrogen) atoms. The van der Waals surface area contributed by atoms with Gasteiger partial charge in [0.15, 0.2) is 10.7 Å². The molecule has 1 atom stereocenters. The van der Waals surface area contributed by atoms with Gasteiger partial charge in [0.25, 0.3) is 0 Å². The number of hydrogen-bond donors (Lipinski definition) is 1. The first-order valence-electron chi connectivity index (χ1n) is 7.14. The Labute approximate surface area is 145 Å². The number of amidine groups is 1. The van der Waals surface area contributed by atoms with Gasteiger partial charge in [-0.05, 0) is 36.3 Å². The summed E-state index contributed by atoms with van der Waals surface area (Å²) < 4.78 is 63.6. The molecule has 0 aliphatic heterocycles. The highest BCUT2D eigenvalue weighted by Gasteiger charge is 2.36. The normalized spacial score (nSPS) is 13.6. The summed E-state index contributed by atoms with van der Waals surface area (Å²) in [5.41, 5.74) is 0.386. The summed E-state index contributed by atoms with van der Waals surface area (Å²) in [4.78, 5) is 8.05. The number of nitrogens with one attached hydrogen (secondary N) is 1. The van der Waals surface area contributed by atoms with Crippen LogP contribution in [-0.4, -0.2) is 34.3 Å². The van der Waals surface area contributed by atoms with E-state index in [1.807, 2.05) is 0 Å². The first kappa shape index (κ1) is 19.2. The van der Waals surface area contributed by atoms with E-state index in [0.29, 0.717) is 5.69 Å². The zero-order chi connectivity index (χ0) is 18.6. The van der Waals surface area contributed by atoms with Crippen LogP contribution in [0.4, 0.5) is 23.2 Å². The largest absolute Gasteiger partial charge is 0.611 e. The Hall–Kier alpha value is -2.13. The molecule has 9 heteroatoms. The minimum atomic E-state index is -4.58.